The summed E-state index contributed by atoms with van der Waals surface area (Å²) in [6.07, 6.45) is 0. The predicted molar refractivity (Wildman–Crippen MR) is 104 cm³/mol. The van der Waals surface area contributed by atoms with Gasteiger partial charge in [0.05, 0.1) is 18.2 Å². The predicted octanol–water partition coefficient (Wildman–Crippen LogP) is 4.34. The average Bonchev–Trinajstić information content (AvgIpc) is 3.23. The van der Waals surface area contributed by atoms with Gasteiger partial charge >= 0.3 is 0 Å². The number of pyridine rings is 1. The molecule has 0 aliphatic rings. The molecule has 2 aromatic carbocycles. The Hall–Kier alpha value is -4.14. The Morgan fingerprint density at radius 2 is 1.83 bits per heavy atom. The number of ether oxygens (including phenoxy) is 1. The molecule has 0 bridgehead atoms. The Bertz CT molecular complexity index is 1230. The number of aromatic nitrogens is 3. The molecule has 1 N–H and O–H groups in total. The number of nitrogens with zero attached hydrogens (tertiary/aromatic N) is 3. The first kappa shape index (κ1) is 19.2. The molecule has 0 atom stereocenters. The van der Waals surface area contributed by atoms with Gasteiger partial charge in [-0.3, -0.25) is 4.79 Å². The highest BCUT2D eigenvalue weighted by Gasteiger charge is 2.18. The third-order valence-electron chi connectivity index (χ3n) is 4.18. The summed E-state index contributed by atoms with van der Waals surface area (Å²) in [5, 5.41) is 6.50. The van der Waals surface area contributed by atoms with E-state index in [-0.39, 0.29) is 23.0 Å². The van der Waals surface area contributed by atoms with Gasteiger partial charge < -0.3 is 14.6 Å². The first-order chi connectivity index (χ1) is 14.5. The van der Waals surface area contributed by atoms with Gasteiger partial charge in [0.2, 0.25) is 11.8 Å². The molecule has 2 aromatic heterocycles. The van der Waals surface area contributed by atoms with Crippen LogP contribution in [0.3, 0.4) is 0 Å². The summed E-state index contributed by atoms with van der Waals surface area (Å²) in [6, 6.07) is 14.7. The Kier molecular flexibility index (Phi) is 5.17. The van der Waals surface area contributed by atoms with Crippen molar-refractivity contribution in [1.29, 1.82) is 0 Å². The number of rotatable bonds is 5. The van der Waals surface area contributed by atoms with Crippen molar-refractivity contribution in [2.45, 2.75) is 0 Å². The Morgan fingerprint density at radius 3 is 2.60 bits per heavy atom. The summed E-state index contributed by atoms with van der Waals surface area (Å²) in [6.45, 7) is 0. The molecule has 7 nitrogen and oxygen atoms in total. The Labute approximate surface area is 169 Å². The first-order valence-corrected chi connectivity index (χ1v) is 8.76. The molecule has 0 saturated carbocycles. The number of carbonyl (C=O) groups is 1. The van der Waals surface area contributed by atoms with E-state index in [1.54, 1.807) is 30.3 Å². The number of benzene rings is 2. The van der Waals surface area contributed by atoms with Crippen molar-refractivity contribution in [3.8, 4) is 28.6 Å². The minimum atomic E-state index is -0.752. The van der Waals surface area contributed by atoms with E-state index in [1.807, 2.05) is 0 Å². The normalized spacial score (nSPS) is 10.6. The fourth-order valence-electron chi connectivity index (χ4n) is 2.76. The van der Waals surface area contributed by atoms with Crippen molar-refractivity contribution in [2.24, 2.45) is 0 Å². The van der Waals surface area contributed by atoms with Gasteiger partial charge in [-0.2, -0.15) is 9.37 Å². The maximum Gasteiger partial charge on any atom is 0.274 e. The van der Waals surface area contributed by atoms with Crippen molar-refractivity contribution >= 4 is 11.6 Å². The van der Waals surface area contributed by atoms with Gasteiger partial charge in [0.25, 0.3) is 11.8 Å². The van der Waals surface area contributed by atoms with E-state index in [2.05, 4.69) is 20.4 Å². The van der Waals surface area contributed by atoms with Gasteiger partial charge in [-0.15, -0.1) is 0 Å². The smallest absolute Gasteiger partial charge is 0.274 e. The summed E-state index contributed by atoms with van der Waals surface area (Å²) in [5.74, 6) is -1.25. The maximum absolute atomic E-state index is 14.0. The molecule has 0 spiro atoms. The average molecular weight is 408 g/mol. The lowest BCUT2D eigenvalue weighted by atomic mass is 10.1. The van der Waals surface area contributed by atoms with Gasteiger partial charge in [0, 0.05) is 11.8 Å². The molecule has 2 heterocycles. The zero-order valence-electron chi connectivity index (χ0n) is 15.6. The van der Waals surface area contributed by atoms with Crippen LogP contribution in [0.4, 0.5) is 14.5 Å². The molecule has 0 saturated heterocycles. The first-order valence-electron chi connectivity index (χ1n) is 8.76. The van der Waals surface area contributed by atoms with E-state index in [0.29, 0.717) is 17.0 Å². The van der Waals surface area contributed by atoms with Gasteiger partial charge in [0.15, 0.2) is 0 Å². The molecule has 4 aromatic rings. The number of hydrogen-bond acceptors (Lipinski definition) is 6. The molecule has 0 fully saturated rings. The van der Waals surface area contributed by atoms with Crippen LogP contribution in [0.1, 0.15) is 10.5 Å². The molecule has 4 rings (SSSR count). The monoisotopic (exact) mass is 408 g/mol. The highest BCUT2D eigenvalue weighted by Crippen LogP contribution is 2.32. The highest BCUT2D eigenvalue weighted by atomic mass is 19.1. The number of amides is 1. The number of nitrogens with one attached hydrogen (secondary N) is 1. The van der Waals surface area contributed by atoms with Crippen LogP contribution in [0.25, 0.3) is 22.8 Å². The van der Waals surface area contributed by atoms with E-state index in [9.17, 15) is 13.6 Å². The minimum absolute atomic E-state index is 0.0275. The van der Waals surface area contributed by atoms with Crippen LogP contribution in [0.5, 0.6) is 5.75 Å². The largest absolute Gasteiger partial charge is 0.496 e. The second-order valence-electron chi connectivity index (χ2n) is 6.12. The summed E-state index contributed by atoms with van der Waals surface area (Å²) < 4.78 is 37.7. The Balaban J connectivity index is 1.60. The van der Waals surface area contributed by atoms with Gasteiger partial charge in [-0.25, -0.2) is 9.37 Å². The van der Waals surface area contributed by atoms with Crippen LogP contribution in [-0.2, 0) is 0 Å². The van der Waals surface area contributed by atoms with E-state index >= 15 is 0 Å². The second kappa shape index (κ2) is 8.08. The molecule has 0 aliphatic heterocycles. The third kappa shape index (κ3) is 3.86. The summed E-state index contributed by atoms with van der Waals surface area (Å²) in [4.78, 5) is 20.0. The summed E-state index contributed by atoms with van der Waals surface area (Å²) in [5.41, 5.74) is 0.989. The quantitative estimate of drug-likeness (QED) is 0.494. The van der Waals surface area contributed by atoms with Crippen molar-refractivity contribution in [1.82, 2.24) is 15.1 Å². The molecule has 0 aliphatic carbocycles. The van der Waals surface area contributed by atoms with E-state index in [0.717, 1.165) is 6.07 Å². The molecule has 0 unspecified atom stereocenters. The number of anilines is 1. The van der Waals surface area contributed by atoms with Gasteiger partial charge in [0.1, 0.15) is 17.3 Å². The SMILES string of the molecule is COc1cc(NC(=O)c2cccc(F)n2)ccc1-c1noc(-c2ccccc2F)n1. The second-order valence-corrected chi connectivity index (χ2v) is 6.12. The standard InChI is InChI=1S/C21H14F2N4O3/c1-29-17-11-12(24-20(28)16-7-4-8-18(23)25-16)9-10-14(17)19-26-21(30-27-19)13-5-2-3-6-15(13)22/h2-11H,1H3,(H,24,28). The molecule has 150 valence electrons. The van der Waals surface area contributed by atoms with Crippen LogP contribution in [-0.4, -0.2) is 28.1 Å². The summed E-state index contributed by atoms with van der Waals surface area (Å²) in [7, 11) is 1.44. The number of halogens is 2. The van der Waals surface area contributed by atoms with Crippen molar-refractivity contribution < 1.29 is 22.8 Å². The van der Waals surface area contributed by atoms with Crippen molar-refractivity contribution in [3.63, 3.8) is 0 Å². The molecule has 9 heteroatoms. The lowest BCUT2D eigenvalue weighted by Gasteiger charge is -2.09. The van der Waals surface area contributed by atoms with Gasteiger partial charge in [-0.05, 0) is 36.4 Å². The van der Waals surface area contributed by atoms with E-state index in [4.69, 9.17) is 9.26 Å². The topological polar surface area (TPSA) is 90.1 Å². The van der Waals surface area contributed by atoms with Crippen LogP contribution >= 0.6 is 0 Å². The molecule has 0 radical (unpaired) electrons. The molecule has 1 amide bonds. The maximum atomic E-state index is 14.0. The number of carbonyl (C=O) groups excluding carboxylic acids is 1. The third-order valence-corrected chi connectivity index (χ3v) is 4.18. The zero-order chi connectivity index (χ0) is 21.1. The number of methoxy groups -OCH3 is 1. The Morgan fingerprint density at radius 1 is 1.00 bits per heavy atom. The van der Waals surface area contributed by atoms with Crippen molar-refractivity contribution in [2.75, 3.05) is 12.4 Å². The van der Waals surface area contributed by atoms with Crippen LogP contribution in [0.15, 0.2) is 65.2 Å². The zero-order valence-corrected chi connectivity index (χ0v) is 15.6. The summed E-state index contributed by atoms with van der Waals surface area (Å²) >= 11 is 0. The van der Waals surface area contributed by atoms with Crippen LogP contribution in [0, 0.1) is 11.8 Å². The van der Waals surface area contributed by atoms with Crippen LogP contribution < -0.4 is 10.1 Å². The van der Waals surface area contributed by atoms with E-state index in [1.165, 1.54) is 31.4 Å². The lowest BCUT2D eigenvalue weighted by molar-refractivity contribution is 0.102. The molecule has 30 heavy (non-hydrogen) atoms. The van der Waals surface area contributed by atoms with Gasteiger partial charge in [-0.1, -0.05) is 23.4 Å². The molecular formula is C21H14F2N4O3. The fraction of sp³-hybridized carbons (Fsp3) is 0.0476. The lowest BCUT2D eigenvalue weighted by Crippen LogP contribution is -2.14. The highest BCUT2D eigenvalue weighted by molar-refractivity contribution is 6.03. The minimum Gasteiger partial charge on any atom is -0.496 e. The van der Waals surface area contributed by atoms with Crippen molar-refractivity contribution in [3.05, 3.63) is 78.1 Å². The molecular weight excluding hydrogens is 394 g/mol. The van der Waals surface area contributed by atoms with Crippen LogP contribution in [0.2, 0.25) is 0 Å². The number of hydrogen-bond donors (Lipinski definition) is 1. The fourth-order valence-corrected chi connectivity index (χ4v) is 2.76. The van der Waals surface area contributed by atoms with E-state index < -0.39 is 17.7 Å².